The molecule has 0 aliphatic heterocycles. The molecule has 1 atom stereocenters. The van der Waals surface area contributed by atoms with Crippen LogP contribution in [0.5, 0.6) is 0 Å². The summed E-state index contributed by atoms with van der Waals surface area (Å²) in [5.74, 6) is 0. The van der Waals surface area contributed by atoms with E-state index in [1.54, 1.807) is 19.1 Å². The molecule has 1 unspecified atom stereocenters. The average Bonchev–Trinajstić information content (AvgIpc) is 2.10. The summed E-state index contributed by atoms with van der Waals surface area (Å²) in [4.78, 5) is 27.3. The topological polar surface area (TPSA) is 58.9 Å². The van der Waals surface area contributed by atoms with E-state index in [2.05, 4.69) is 9.98 Å². The van der Waals surface area contributed by atoms with Crippen LogP contribution in [0.2, 0.25) is 0 Å². The molecule has 1 aliphatic carbocycles. The largest absolute Gasteiger partial charge is 0.240 e. The lowest BCUT2D eigenvalue weighted by molar-refractivity contribution is 0.516. The highest BCUT2D eigenvalue weighted by Crippen LogP contribution is 2.29. The second-order valence-corrected chi connectivity index (χ2v) is 2.86. The SMILES string of the molecule is CC1(N=C=O)CC=CC=C1N=C=O. The summed E-state index contributed by atoms with van der Waals surface area (Å²) in [6.45, 7) is 1.72. The van der Waals surface area contributed by atoms with Crippen LogP contribution in [-0.4, -0.2) is 17.7 Å². The van der Waals surface area contributed by atoms with E-state index in [0.29, 0.717) is 12.1 Å². The highest BCUT2D eigenvalue weighted by Gasteiger charge is 2.29. The predicted octanol–water partition coefficient (Wildman–Crippen LogP) is 1.26. The van der Waals surface area contributed by atoms with E-state index in [0.717, 1.165) is 0 Å². The Balaban J connectivity index is 3.11. The predicted molar refractivity (Wildman–Crippen MR) is 46.5 cm³/mol. The van der Waals surface area contributed by atoms with Gasteiger partial charge < -0.3 is 0 Å². The number of isocyanates is 2. The van der Waals surface area contributed by atoms with Gasteiger partial charge in [0.15, 0.2) is 0 Å². The highest BCUT2D eigenvalue weighted by atomic mass is 16.1. The smallest absolute Gasteiger partial charge is 0.211 e. The molecule has 0 spiro atoms. The van der Waals surface area contributed by atoms with E-state index in [4.69, 9.17) is 0 Å². The van der Waals surface area contributed by atoms with Gasteiger partial charge in [0.05, 0.1) is 5.70 Å². The van der Waals surface area contributed by atoms with E-state index in [1.165, 1.54) is 12.2 Å². The number of nitrogens with zero attached hydrogens (tertiary/aromatic N) is 2. The van der Waals surface area contributed by atoms with Crippen LogP contribution in [0.3, 0.4) is 0 Å². The van der Waals surface area contributed by atoms with Crippen molar-refractivity contribution in [2.45, 2.75) is 18.9 Å². The summed E-state index contributed by atoms with van der Waals surface area (Å²) in [5.41, 5.74) is -0.318. The average molecular weight is 176 g/mol. The van der Waals surface area contributed by atoms with Gasteiger partial charge in [0.2, 0.25) is 12.2 Å². The first kappa shape index (κ1) is 9.33. The van der Waals surface area contributed by atoms with Crippen molar-refractivity contribution >= 4 is 12.2 Å². The van der Waals surface area contributed by atoms with Crippen molar-refractivity contribution in [3.05, 3.63) is 23.9 Å². The molecule has 1 aliphatic rings. The fourth-order valence-electron chi connectivity index (χ4n) is 1.15. The molecule has 0 aromatic heterocycles. The minimum atomic E-state index is -0.756. The Morgan fingerprint density at radius 2 is 2.23 bits per heavy atom. The summed E-state index contributed by atoms with van der Waals surface area (Å²) in [5, 5.41) is 0. The number of hydrogen-bond donors (Lipinski definition) is 0. The highest BCUT2D eigenvalue weighted by molar-refractivity contribution is 5.45. The Kier molecular flexibility index (Phi) is 2.70. The standard InChI is InChI=1S/C9H8N2O2/c1-9(11-7-13)5-3-2-4-8(9)10-6-12/h2-4H,5H2,1H3. The zero-order valence-electron chi connectivity index (χ0n) is 7.15. The molecule has 0 radical (unpaired) electrons. The van der Waals surface area contributed by atoms with Gasteiger partial charge in [-0.3, -0.25) is 0 Å². The van der Waals surface area contributed by atoms with Crippen LogP contribution in [-0.2, 0) is 9.59 Å². The summed E-state index contributed by atoms with van der Waals surface area (Å²) in [6.07, 6.45) is 8.70. The van der Waals surface area contributed by atoms with Crippen LogP contribution >= 0.6 is 0 Å². The van der Waals surface area contributed by atoms with Crippen LogP contribution in [0, 0.1) is 0 Å². The van der Waals surface area contributed by atoms with E-state index in [9.17, 15) is 9.59 Å². The van der Waals surface area contributed by atoms with Gasteiger partial charge in [-0.1, -0.05) is 12.2 Å². The number of allylic oxidation sites excluding steroid dienone is 2. The summed E-state index contributed by atoms with van der Waals surface area (Å²) in [7, 11) is 0. The van der Waals surface area contributed by atoms with Gasteiger partial charge in [-0.2, -0.15) is 9.98 Å². The Bertz CT molecular complexity index is 358. The zero-order valence-corrected chi connectivity index (χ0v) is 7.15. The molecular formula is C9H8N2O2. The second-order valence-electron chi connectivity index (χ2n) is 2.86. The molecule has 0 aromatic rings. The van der Waals surface area contributed by atoms with Gasteiger partial charge in [0.25, 0.3) is 0 Å². The van der Waals surface area contributed by atoms with E-state index < -0.39 is 5.54 Å². The molecule has 0 saturated heterocycles. The lowest BCUT2D eigenvalue weighted by Gasteiger charge is -2.23. The van der Waals surface area contributed by atoms with Crippen molar-refractivity contribution < 1.29 is 9.59 Å². The van der Waals surface area contributed by atoms with Crippen LogP contribution < -0.4 is 0 Å². The number of hydrogen-bond acceptors (Lipinski definition) is 4. The van der Waals surface area contributed by atoms with Crippen LogP contribution in [0.15, 0.2) is 33.9 Å². The third kappa shape index (κ3) is 1.88. The molecule has 0 fully saturated rings. The second kappa shape index (κ2) is 3.76. The van der Waals surface area contributed by atoms with Gasteiger partial charge in [-0.05, 0) is 19.4 Å². The van der Waals surface area contributed by atoms with Crippen molar-refractivity contribution in [1.82, 2.24) is 0 Å². The van der Waals surface area contributed by atoms with Crippen LogP contribution in [0.1, 0.15) is 13.3 Å². The van der Waals surface area contributed by atoms with E-state index in [-0.39, 0.29) is 0 Å². The van der Waals surface area contributed by atoms with Gasteiger partial charge in [-0.25, -0.2) is 9.59 Å². The monoisotopic (exact) mass is 176 g/mol. The molecule has 4 nitrogen and oxygen atoms in total. The van der Waals surface area contributed by atoms with E-state index in [1.807, 2.05) is 6.08 Å². The first-order valence-corrected chi connectivity index (χ1v) is 3.77. The minimum Gasteiger partial charge on any atom is -0.211 e. The number of aliphatic imine (C=N–C) groups is 2. The summed E-state index contributed by atoms with van der Waals surface area (Å²) < 4.78 is 0. The molecule has 4 heteroatoms. The Hall–Kier alpha value is -1.76. The fraction of sp³-hybridized carbons (Fsp3) is 0.333. The molecule has 0 N–H and O–H groups in total. The molecule has 0 amide bonds. The Labute approximate surface area is 75.4 Å². The number of rotatable bonds is 2. The quantitative estimate of drug-likeness (QED) is 0.469. The third-order valence-corrected chi connectivity index (χ3v) is 1.92. The van der Waals surface area contributed by atoms with Crippen molar-refractivity contribution in [2.24, 2.45) is 9.98 Å². The normalized spacial score (nSPS) is 25.5. The fourth-order valence-corrected chi connectivity index (χ4v) is 1.15. The first-order valence-electron chi connectivity index (χ1n) is 3.77. The molecule has 0 saturated carbocycles. The van der Waals surface area contributed by atoms with E-state index >= 15 is 0 Å². The van der Waals surface area contributed by atoms with Gasteiger partial charge >= 0.3 is 0 Å². The van der Waals surface area contributed by atoms with Gasteiger partial charge in [-0.15, -0.1) is 0 Å². The third-order valence-electron chi connectivity index (χ3n) is 1.92. The molecular weight excluding hydrogens is 168 g/mol. The maximum Gasteiger partial charge on any atom is 0.240 e. The molecule has 1 rings (SSSR count). The Morgan fingerprint density at radius 3 is 2.85 bits per heavy atom. The summed E-state index contributed by atoms with van der Waals surface area (Å²) in [6, 6.07) is 0. The van der Waals surface area contributed by atoms with Crippen molar-refractivity contribution in [3.63, 3.8) is 0 Å². The minimum absolute atomic E-state index is 0.438. The maximum atomic E-state index is 10.1. The van der Waals surface area contributed by atoms with Crippen molar-refractivity contribution in [1.29, 1.82) is 0 Å². The lowest BCUT2D eigenvalue weighted by Crippen LogP contribution is -2.24. The van der Waals surface area contributed by atoms with Crippen molar-refractivity contribution in [2.75, 3.05) is 0 Å². The molecule has 0 aromatic carbocycles. The maximum absolute atomic E-state index is 10.1. The van der Waals surface area contributed by atoms with Gasteiger partial charge in [0.1, 0.15) is 5.54 Å². The number of carbonyl (C=O) groups excluding carboxylic acids is 2. The van der Waals surface area contributed by atoms with Crippen LogP contribution in [0.25, 0.3) is 0 Å². The van der Waals surface area contributed by atoms with Crippen LogP contribution in [0.4, 0.5) is 0 Å². The van der Waals surface area contributed by atoms with Gasteiger partial charge in [0, 0.05) is 0 Å². The van der Waals surface area contributed by atoms with Crippen molar-refractivity contribution in [3.8, 4) is 0 Å². The molecule has 0 bridgehead atoms. The molecule has 66 valence electrons. The summed E-state index contributed by atoms with van der Waals surface area (Å²) >= 11 is 0. The molecule has 13 heavy (non-hydrogen) atoms. The molecule has 0 heterocycles. The zero-order chi connectivity index (χ0) is 9.73. The first-order chi connectivity index (χ1) is 6.23. The Morgan fingerprint density at radius 1 is 1.46 bits per heavy atom. The lowest BCUT2D eigenvalue weighted by atomic mass is 9.91.